The summed E-state index contributed by atoms with van der Waals surface area (Å²) < 4.78 is 1.97. The first-order valence-electron chi connectivity index (χ1n) is 4.37. The van der Waals surface area contributed by atoms with Gasteiger partial charge in [-0.2, -0.15) is 0 Å². The van der Waals surface area contributed by atoms with Crippen molar-refractivity contribution in [3.8, 4) is 0 Å². The summed E-state index contributed by atoms with van der Waals surface area (Å²) in [7, 11) is 0. The summed E-state index contributed by atoms with van der Waals surface area (Å²) in [5.41, 5.74) is 7.03. The minimum Gasteiger partial charge on any atom is -0.320 e. The quantitative estimate of drug-likeness (QED) is 0.691. The molecular formula is C9H10N4. The highest BCUT2D eigenvalue weighted by Crippen LogP contribution is 2.42. The molecule has 0 radical (unpaired) electrons. The van der Waals surface area contributed by atoms with Gasteiger partial charge < -0.3 is 5.73 Å². The molecule has 2 aromatic heterocycles. The lowest BCUT2D eigenvalue weighted by molar-refractivity contribution is 0.697. The van der Waals surface area contributed by atoms with Gasteiger partial charge in [0.15, 0.2) is 0 Å². The van der Waals surface area contributed by atoms with E-state index in [-0.39, 0.29) is 5.54 Å². The van der Waals surface area contributed by atoms with Crippen LogP contribution in [0.5, 0.6) is 0 Å². The molecule has 0 bridgehead atoms. The van der Waals surface area contributed by atoms with Gasteiger partial charge in [-0.25, -0.2) is 9.97 Å². The smallest absolute Gasteiger partial charge is 0.233 e. The zero-order chi connectivity index (χ0) is 8.89. The van der Waals surface area contributed by atoms with Crippen LogP contribution in [0.2, 0.25) is 0 Å². The molecule has 0 aromatic carbocycles. The zero-order valence-corrected chi connectivity index (χ0v) is 7.14. The van der Waals surface area contributed by atoms with E-state index < -0.39 is 0 Å². The van der Waals surface area contributed by atoms with Crippen molar-refractivity contribution in [2.75, 3.05) is 0 Å². The van der Waals surface area contributed by atoms with E-state index in [1.807, 2.05) is 22.9 Å². The van der Waals surface area contributed by atoms with Crippen molar-refractivity contribution < 1.29 is 0 Å². The summed E-state index contributed by atoms with van der Waals surface area (Å²) in [6.07, 6.45) is 7.63. The van der Waals surface area contributed by atoms with Crippen molar-refractivity contribution in [1.29, 1.82) is 0 Å². The number of aromatic nitrogens is 3. The van der Waals surface area contributed by atoms with Gasteiger partial charge in [0, 0.05) is 12.4 Å². The van der Waals surface area contributed by atoms with E-state index in [1.54, 1.807) is 6.20 Å². The minimum absolute atomic E-state index is 0.136. The van der Waals surface area contributed by atoms with Crippen LogP contribution in [0.1, 0.15) is 18.5 Å². The molecule has 3 rings (SSSR count). The first-order valence-corrected chi connectivity index (χ1v) is 4.37. The van der Waals surface area contributed by atoms with Crippen LogP contribution in [0.25, 0.3) is 5.78 Å². The molecule has 2 aromatic rings. The number of fused-ring (bicyclic) bond motifs is 1. The first kappa shape index (κ1) is 7.03. The largest absolute Gasteiger partial charge is 0.320 e. The first-order chi connectivity index (χ1) is 6.30. The molecule has 0 unspecified atom stereocenters. The molecule has 4 nitrogen and oxygen atoms in total. The topological polar surface area (TPSA) is 56.2 Å². The van der Waals surface area contributed by atoms with E-state index in [1.165, 1.54) is 0 Å². The maximum absolute atomic E-state index is 6.09. The SMILES string of the molecule is NC1(c2cnc3ncccn23)CC1. The van der Waals surface area contributed by atoms with Crippen LogP contribution >= 0.6 is 0 Å². The number of hydrogen-bond donors (Lipinski definition) is 1. The van der Waals surface area contributed by atoms with Gasteiger partial charge in [-0.15, -0.1) is 0 Å². The molecular weight excluding hydrogens is 164 g/mol. The van der Waals surface area contributed by atoms with Crippen LogP contribution in [-0.2, 0) is 5.54 Å². The van der Waals surface area contributed by atoms with Gasteiger partial charge in [0.1, 0.15) is 0 Å². The highest BCUT2D eigenvalue weighted by atomic mass is 15.1. The summed E-state index contributed by atoms with van der Waals surface area (Å²) in [4.78, 5) is 8.34. The molecule has 2 heterocycles. The Morgan fingerprint density at radius 1 is 1.38 bits per heavy atom. The van der Waals surface area contributed by atoms with Crippen LogP contribution in [0, 0.1) is 0 Å². The molecule has 4 heteroatoms. The third-order valence-electron chi connectivity index (χ3n) is 2.59. The molecule has 1 saturated carbocycles. The zero-order valence-electron chi connectivity index (χ0n) is 7.14. The molecule has 0 aliphatic heterocycles. The highest BCUT2D eigenvalue weighted by Gasteiger charge is 2.42. The van der Waals surface area contributed by atoms with Crippen molar-refractivity contribution in [2.24, 2.45) is 5.73 Å². The summed E-state index contributed by atoms with van der Waals surface area (Å²) in [6, 6.07) is 1.89. The van der Waals surface area contributed by atoms with Gasteiger partial charge in [-0.05, 0) is 18.9 Å². The average molecular weight is 174 g/mol. The second-order valence-electron chi connectivity index (χ2n) is 3.59. The van der Waals surface area contributed by atoms with Gasteiger partial charge in [0.2, 0.25) is 5.78 Å². The number of nitrogens with two attached hydrogens (primary N) is 1. The predicted molar refractivity (Wildman–Crippen MR) is 48.1 cm³/mol. The van der Waals surface area contributed by atoms with Gasteiger partial charge >= 0.3 is 0 Å². The maximum atomic E-state index is 6.09. The Morgan fingerprint density at radius 3 is 3.00 bits per heavy atom. The molecule has 1 aliphatic rings. The van der Waals surface area contributed by atoms with Gasteiger partial charge in [-0.1, -0.05) is 0 Å². The van der Waals surface area contributed by atoms with E-state index in [9.17, 15) is 0 Å². The van der Waals surface area contributed by atoms with Crippen LogP contribution < -0.4 is 5.73 Å². The Hall–Kier alpha value is -1.42. The molecule has 66 valence electrons. The lowest BCUT2D eigenvalue weighted by Crippen LogP contribution is -2.20. The minimum atomic E-state index is -0.136. The lowest BCUT2D eigenvalue weighted by atomic mass is 10.2. The Balaban J connectivity index is 2.30. The number of hydrogen-bond acceptors (Lipinski definition) is 3. The number of nitrogens with zero attached hydrogens (tertiary/aromatic N) is 3. The van der Waals surface area contributed by atoms with Gasteiger partial charge in [0.25, 0.3) is 0 Å². The predicted octanol–water partition coefficient (Wildman–Crippen LogP) is 0.677. The maximum Gasteiger partial charge on any atom is 0.233 e. The van der Waals surface area contributed by atoms with Crippen LogP contribution in [0.3, 0.4) is 0 Å². The van der Waals surface area contributed by atoms with Gasteiger partial charge in [-0.3, -0.25) is 4.40 Å². The molecule has 0 spiro atoms. The Bertz CT molecular complexity index is 455. The summed E-state index contributed by atoms with van der Waals surface area (Å²) in [5.74, 6) is 0.731. The third kappa shape index (κ3) is 0.890. The van der Waals surface area contributed by atoms with E-state index in [0.29, 0.717) is 0 Å². The Morgan fingerprint density at radius 2 is 2.23 bits per heavy atom. The standard InChI is InChI=1S/C9H10N4/c10-9(2-3-9)7-6-12-8-11-4-1-5-13(7)8/h1,4-6H,2-3,10H2. The van der Waals surface area contributed by atoms with Crippen molar-refractivity contribution in [2.45, 2.75) is 18.4 Å². The summed E-state index contributed by atoms with van der Waals surface area (Å²) >= 11 is 0. The fourth-order valence-electron chi connectivity index (χ4n) is 1.59. The molecule has 0 amide bonds. The van der Waals surface area contributed by atoms with E-state index in [0.717, 1.165) is 24.3 Å². The second kappa shape index (κ2) is 2.09. The van der Waals surface area contributed by atoms with Crippen molar-refractivity contribution in [3.05, 3.63) is 30.4 Å². The molecule has 13 heavy (non-hydrogen) atoms. The molecule has 1 aliphatic carbocycles. The fraction of sp³-hybridized carbons (Fsp3) is 0.333. The summed E-state index contributed by atoms with van der Waals surface area (Å²) in [6.45, 7) is 0. The fourth-order valence-corrected chi connectivity index (χ4v) is 1.59. The van der Waals surface area contributed by atoms with Gasteiger partial charge in [0.05, 0.1) is 17.4 Å². The van der Waals surface area contributed by atoms with Crippen molar-refractivity contribution >= 4 is 5.78 Å². The third-order valence-corrected chi connectivity index (χ3v) is 2.59. The lowest BCUT2D eigenvalue weighted by Gasteiger charge is -2.06. The van der Waals surface area contributed by atoms with E-state index in [4.69, 9.17) is 5.73 Å². The highest BCUT2D eigenvalue weighted by molar-refractivity contribution is 5.35. The molecule has 1 fully saturated rings. The van der Waals surface area contributed by atoms with Crippen molar-refractivity contribution in [3.63, 3.8) is 0 Å². The Labute approximate surface area is 75.4 Å². The Kier molecular flexibility index (Phi) is 1.13. The summed E-state index contributed by atoms with van der Waals surface area (Å²) in [5, 5.41) is 0. The van der Waals surface area contributed by atoms with Crippen LogP contribution in [0.4, 0.5) is 0 Å². The molecule has 2 N–H and O–H groups in total. The van der Waals surface area contributed by atoms with E-state index in [2.05, 4.69) is 9.97 Å². The number of rotatable bonds is 1. The second-order valence-corrected chi connectivity index (χ2v) is 3.59. The molecule has 0 atom stereocenters. The van der Waals surface area contributed by atoms with Crippen LogP contribution in [-0.4, -0.2) is 14.4 Å². The monoisotopic (exact) mass is 174 g/mol. The normalized spacial score (nSPS) is 19.2. The van der Waals surface area contributed by atoms with Crippen LogP contribution in [0.15, 0.2) is 24.7 Å². The number of imidazole rings is 1. The van der Waals surface area contributed by atoms with E-state index >= 15 is 0 Å². The average Bonchev–Trinajstić information content (AvgIpc) is 2.76. The van der Waals surface area contributed by atoms with Crippen molar-refractivity contribution in [1.82, 2.24) is 14.4 Å². The molecule has 0 saturated heterocycles.